The molecule has 5 nitrogen and oxygen atoms in total. The quantitative estimate of drug-likeness (QED) is 0.709. The van der Waals surface area contributed by atoms with E-state index in [1.54, 1.807) is 18.4 Å². The predicted molar refractivity (Wildman–Crippen MR) is 109 cm³/mol. The van der Waals surface area contributed by atoms with E-state index >= 15 is 0 Å². The minimum absolute atomic E-state index is 0.0644. The van der Waals surface area contributed by atoms with E-state index in [4.69, 9.17) is 4.74 Å². The lowest BCUT2D eigenvalue weighted by atomic mass is 9.91. The minimum Gasteiger partial charge on any atom is -0.368 e. The van der Waals surface area contributed by atoms with Crippen molar-refractivity contribution in [3.63, 3.8) is 0 Å². The molecule has 6 heteroatoms. The first-order valence-electron chi connectivity index (χ1n) is 9.19. The number of methoxy groups -OCH3 is 1. The molecular formula is C21H23N3O2S. The van der Waals surface area contributed by atoms with Gasteiger partial charge >= 0.3 is 0 Å². The van der Waals surface area contributed by atoms with E-state index in [9.17, 15) is 4.79 Å². The SMILES string of the molecule is COC1(C(=O)Nc2ccc(Cc3nc4ccccc4s3)cc2)CCNCC1. The Morgan fingerprint density at radius 2 is 1.93 bits per heavy atom. The van der Waals surface area contributed by atoms with Crippen molar-refractivity contribution in [1.29, 1.82) is 0 Å². The summed E-state index contributed by atoms with van der Waals surface area (Å²) in [4.78, 5) is 17.4. The molecule has 1 amide bonds. The molecule has 0 radical (unpaired) electrons. The van der Waals surface area contributed by atoms with E-state index in [0.29, 0.717) is 12.8 Å². The van der Waals surface area contributed by atoms with E-state index in [-0.39, 0.29) is 5.91 Å². The average Bonchev–Trinajstić information content (AvgIpc) is 3.12. The molecule has 1 aromatic heterocycles. The Labute approximate surface area is 162 Å². The third kappa shape index (κ3) is 3.88. The number of thiazole rings is 1. The summed E-state index contributed by atoms with van der Waals surface area (Å²) in [6, 6.07) is 16.2. The average molecular weight is 382 g/mol. The number of ether oxygens (including phenoxy) is 1. The van der Waals surface area contributed by atoms with Crippen LogP contribution in [0.25, 0.3) is 10.2 Å². The summed E-state index contributed by atoms with van der Waals surface area (Å²) < 4.78 is 6.80. The summed E-state index contributed by atoms with van der Waals surface area (Å²) in [6.45, 7) is 1.59. The van der Waals surface area contributed by atoms with Crippen LogP contribution in [0.15, 0.2) is 48.5 Å². The molecule has 1 aliphatic heterocycles. The highest BCUT2D eigenvalue weighted by atomic mass is 32.1. The van der Waals surface area contributed by atoms with Gasteiger partial charge in [0.25, 0.3) is 5.91 Å². The number of carbonyl (C=O) groups is 1. The molecular weight excluding hydrogens is 358 g/mol. The van der Waals surface area contributed by atoms with Gasteiger partial charge < -0.3 is 15.4 Å². The molecule has 2 aromatic carbocycles. The molecule has 2 heterocycles. The standard InChI is InChI=1S/C21H23N3O2S/c1-26-21(10-12-22-13-11-21)20(25)23-16-8-6-15(7-9-16)14-19-24-17-4-2-3-5-18(17)27-19/h2-9,22H,10-14H2,1H3,(H,23,25). The lowest BCUT2D eigenvalue weighted by molar-refractivity contribution is -0.140. The molecule has 27 heavy (non-hydrogen) atoms. The van der Waals surface area contributed by atoms with Crippen LogP contribution in [0.3, 0.4) is 0 Å². The zero-order chi connectivity index (χ0) is 18.7. The minimum atomic E-state index is -0.731. The van der Waals surface area contributed by atoms with Gasteiger partial charge in [0.15, 0.2) is 0 Å². The van der Waals surface area contributed by atoms with E-state index in [1.807, 2.05) is 42.5 Å². The molecule has 0 atom stereocenters. The number of nitrogens with zero attached hydrogens (tertiary/aromatic N) is 1. The number of carbonyl (C=O) groups excluding carboxylic acids is 1. The van der Waals surface area contributed by atoms with Gasteiger partial charge in [-0.1, -0.05) is 24.3 Å². The van der Waals surface area contributed by atoms with Gasteiger partial charge in [-0.05, 0) is 55.8 Å². The normalized spacial score (nSPS) is 16.3. The number of anilines is 1. The Balaban J connectivity index is 1.43. The summed E-state index contributed by atoms with van der Waals surface area (Å²) in [7, 11) is 1.62. The topological polar surface area (TPSA) is 63.2 Å². The highest BCUT2D eigenvalue weighted by molar-refractivity contribution is 7.18. The molecule has 0 unspecified atom stereocenters. The largest absolute Gasteiger partial charge is 0.368 e. The third-order valence-corrected chi connectivity index (χ3v) is 6.16. The van der Waals surface area contributed by atoms with Gasteiger partial charge in [-0.3, -0.25) is 4.79 Å². The summed E-state index contributed by atoms with van der Waals surface area (Å²) in [5.74, 6) is -0.0644. The maximum absolute atomic E-state index is 12.7. The van der Waals surface area contributed by atoms with Crippen LogP contribution in [-0.2, 0) is 16.0 Å². The number of nitrogens with one attached hydrogen (secondary N) is 2. The summed E-state index contributed by atoms with van der Waals surface area (Å²) in [6.07, 6.45) is 2.16. The second-order valence-corrected chi connectivity index (χ2v) is 7.97. The van der Waals surface area contributed by atoms with Gasteiger partial charge in [-0.25, -0.2) is 4.98 Å². The van der Waals surface area contributed by atoms with Crippen LogP contribution in [0.2, 0.25) is 0 Å². The molecule has 0 aliphatic carbocycles. The number of amides is 1. The van der Waals surface area contributed by atoms with Crippen molar-refractivity contribution in [2.45, 2.75) is 24.9 Å². The van der Waals surface area contributed by atoms with Crippen LogP contribution in [0.5, 0.6) is 0 Å². The molecule has 2 N–H and O–H groups in total. The van der Waals surface area contributed by atoms with Gasteiger partial charge in [0.1, 0.15) is 5.60 Å². The molecule has 0 spiro atoms. The number of hydrogen-bond donors (Lipinski definition) is 2. The fourth-order valence-corrected chi connectivity index (χ4v) is 4.48. The summed E-state index contributed by atoms with van der Waals surface area (Å²) >= 11 is 1.72. The highest BCUT2D eigenvalue weighted by Gasteiger charge is 2.39. The first kappa shape index (κ1) is 18.1. The highest BCUT2D eigenvalue weighted by Crippen LogP contribution is 2.26. The Morgan fingerprint density at radius 1 is 1.19 bits per heavy atom. The number of piperidine rings is 1. The van der Waals surface area contributed by atoms with Crippen molar-refractivity contribution in [3.05, 3.63) is 59.1 Å². The van der Waals surface area contributed by atoms with Gasteiger partial charge in [0, 0.05) is 19.2 Å². The van der Waals surface area contributed by atoms with Crippen LogP contribution >= 0.6 is 11.3 Å². The van der Waals surface area contributed by atoms with Gasteiger partial charge in [0.2, 0.25) is 0 Å². The predicted octanol–water partition coefficient (Wildman–Crippen LogP) is 3.59. The van der Waals surface area contributed by atoms with Gasteiger partial charge in [-0.2, -0.15) is 0 Å². The van der Waals surface area contributed by atoms with Crippen molar-refractivity contribution >= 4 is 33.1 Å². The van der Waals surface area contributed by atoms with Crippen molar-refractivity contribution < 1.29 is 9.53 Å². The molecule has 0 bridgehead atoms. The monoisotopic (exact) mass is 381 g/mol. The number of rotatable bonds is 5. The fourth-order valence-electron chi connectivity index (χ4n) is 3.48. The van der Waals surface area contributed by atoms with Crippen molar-refractivity contribution in [3.8, 4) is 0 Å². The Bertz CT molecular complexity index is 897. The number of benzene rings is 2. The third-order valence-electron chi connectivity index (χ3n) is 5.12. The van der Waals surface area contributed by atoms with Crippen molar-refractivity contribution in [1.82, 2.24) is 10.3 Å². The second-order valence-electron chi connectivity index (χ2n) is 6.85. The maximum atomic E-state index is 12.7. The zero-order valence-corrected chi connectivity index (χ0v) is 16.1. The second kappa shape index (κ2) is 7.76. The lowest BCUT2D eigenvalue weighted by Gasteiger charge is -2.34. The number of fused-ring (bicyclic) bond motifs is 1. The summed E-state index contributed by atoms with van der Waals surface area (Å²) in [5.41, 5.74) is 2.29. The Morgan fingerprint density at radius 3 is 2.63 bits per heavy atom. The zero-order valence-electron chi connectivity index (χ0n) is 15.3. The molecule has 1 saturated heterocycles. The fraction of sp³-hybridized carbons (Fsp3) is 0.333. The lowest BCUT2D eigenvalue weighted by Crippen LogP contribution is -2.51. The van der Waals surface area contributed by atoms with Crippen LogP contribution < -0.4 is 10.6 Å². The van der Waals surface area contributed by atoms with E-state index in [1.165, 1.54) is 10.3 Å². The Hall–Kier alpha value is -2.28. The van der Waals surface area contributed by atoms with Crippen molar-refractivity contribution in [2.75, 3.05) is 25.5 Å². The molecule has 4 rings (SSSR count). The Kier molecular flexibility index (Phi) is 5.20. The van der Waals surface area contributed by atoms with Crippen LogP contribution in [-0.4, -0.2) is 36.7 Å². The van der Waals surface area contributed by atoms with Crippen LogP contribution in [0.1, 0.15) is 23.4 Å². The first-order chi connectivity index (χ1) is 13.2. The molecule has 0 saturated carbocycles. The number of aromatic nitrogens is 1. The maximum Gasteiger partial charge on any atom is 0.256 e. The molecule has 1 fully saturated rings. The first-order valence-corrected chi connectivity index (χ1v) is 10.0. The van der Waals surface area contributed by atoms with Crippen LogP contribution in [0, 0.1) is 0 Å². The van der Waals surface area contributed by atoms with E-state index in [2.05, 4.69) is 21.7 Å². The van der Waals surface area contributed by atoms with Crippen molar-refractivity contribution in [2.24, 2.45) is 0 Å². The number of para-hydroxylation sites is 1. The summed E-state index contributed by atoms with van der Waals surface area (Å²) in [5, 5.41) is 7.38. The smallest absolute Gasteiger partial charge is 0.256 e. The van der Waals surface area contributed by atoms with Gasteiger partial charge in [0.05, 0.1) is 15.2 Å². The molecule has 1 aliphatic rings. The van der Waals surface area contributed by atoms with Gasteiger partial charge in [-0.15, -0.1) is 11.3 Å². The number of hydrogen-bond acceptors (Lipinski definition) is 5. The van der Waals surface area contributed by atoms with E-state index < -0.39 is 5.60 Å². The molecule has 3 aromatic rings. The van der Waals surface area contributed by atoms with Crippen LogP contribution in [0.4, 0.5) is 5.69 Å². The van der Waals surface area contributed by atoms with E-state index in [0.717, 1.165) is 35.7 Å². The molecule has 140 valence electrons.